The zero-order valence-corrected chi connectivity index (χ0v) is 10.8. The maximum Gasteiger partial charge on any atom is 0.332 e. The van der Waals surface area contributed by atoms with Crippen molar-refractivity contribution in [3.8, 4) is 0 Å². The normalized spacial score (nSPS) is 33.2. The molecule has 2 heterocycles. The minimum absolute atomic E-state index is 0.0208. The number of hydrogen-bond acceptors (Lipinski definition) is 3. The molecule has 1 amide bonds. The van der Waals surface area contributed by atoms with Gasteiger partial charge in [0.1, 0.15) is 6.10 Å². The van der Waals surface area contributed by atoms with E-state index in [-0.39, 0.29) is 5.91 Å². The van der Waals surface area contributed by atoms with Gasteiger partial charge in [0.2, 0.25) is 0 Å². The third kappa shape index (κ3) is 3.02. The van der Waals surface area contributed by atoms with Crippen LogP contribution in [-0.2, 0) is 14.3 Å². The van der Waals surface area contributed by atoms with Crippen molar-refractivity contribution < 1.29 is 19.4 Å². The van der Waals surface area contributed by atoms with Crippen molar-refractivity contribution in [2.24, 2.45) is 5.92 Å². The Morgan fingerprint density at radius 2 is 1.89 bits per heavy atom. The molecule has 2 aliphatic rings. The lowest BCUT2D eigenvalue weighted by Gasteiger charge is -2.25. The van der Waals surface area contributed by atoms with Gasteiger partial charge in [0.15, 0.2) is 6.10 Å². The van der Waals surface area contributed by atoms with Gasteiger partial charge in [-0.3, -0.25) is 4.79 Å². The Morgan fingerprint density at radius 3 is 2.56 bits per heavy atom. The monoisotopic (exact) mass is 255 g/mol. The highest BCUT2D eigenvalue weighted by atomic mass is 16.5. The highest BCUT2D eigenvalue weighted by Crippen LogP contribution is 2.24. The van der Waals surface area contributed by atoms with Crippen molar-refractivity contribution in [3.05, 3.63) is 0 Å². The molecule has 2 rings (SSSR count). The Kier molecular flexibility index (Phi) is 4.22. The van der Waals surface area contributed by atoms with Crippen LogP contribution in [0.1, 0.15) is 39.0 Å². The predicted octanol–water partition coefficient (Wildman–Crippen LogP) is 1.27. The van der Waals surface area contributed by atoms with Crippen LogP contribution in [0.3, 0.4) is 0 Å². The molecule has 0 aromatic rings. The maximum atomic E-state index is 12.3. The first-order chi connectivity index (χ1) is 8.58. The Bertz CT molecular complexity index is 331. The fourth-order valence-corrected chi connectivity index (χ4v) is 2.76. The molecule has 0 aromatic carbocycles. The topological polar surface area (TPSA) is 66.8 Å². The van der Waals surface area contributed by atoms with Gasteiger partial charge in [0, 0.05) is 13.1 Å². The van der Waals surface area contributed by atoms with Gasteiger partial charge in [-0.1, -0.05) is 13.3 Å². The molecule has 0 saturated carbocycles. The van der Waals surface area contributed by atoms with E-state index in [4.69, 9.17) is 9.84 Å². The van der Waals surface area contributed by atoms with Gasteiger partial charge in [0.05, 0.1) is 0 Å². The number of nitrogens with zero attached hydrogens (tertiary/aromatic N) is 1. The minimum Gasteiger partial charge on any atom is -0.479 e. The van der Waals surface area contributed by atoms with Gasteiger partial charge < -0.3 is 14.7 Å². The van der Waals surface area contributed by atoms with Crippen molar-refractivity contribution in [3.63, 3.8) is 0 Å². The number of carbonyl (C=O) groups is 2. The zero-order chi connectivity index (χ0) is 13.1. The molecule has 5 nitrogen and oxygen atoms in total. The third-order valence-corrected chi connectivity index (χ3v) is 3.79. The summed E-state index contributed by atoms with van der Waals surface area (Å²) < 4.78 is 5.32. The molecule has 2 fully saturated rings. The van der Waals surface area contributed by atoms with Gasteiger partial charge >= 0.3 is 5.97 Å². The Hall–Kier alpha value is -1.10. The summed E-state index contributed by atoms with van der Waals surface area (Å²) in [4.78, 5) is 24.9. The molecular formula is C13H21NO4. The van der Waals surface area contributed by atoms with Crippen molar-refractivity contribution in [2.75, 3.05) is 13.1 Å². The maximum absolute atomic E-state index is 12.3. The number of hydrogen-bond donors (Lipinski definition) is 1. The molecule has 0 aromatic heterocycles. The van der Waals surface area contributed by atoms with Gasteiger partial charge in [-0.15, -0.1) is 0 Å². The molecule has 102 valence electrons. The number of carboxylic acids is 1. The van der Waals surface area contributed by atoms with Crippen LogP contribution < -0.4 is 0 Å². The summed E-state index contributed by atoms with van der Waals surface area (Å²) in [6.45, 7) is 3.71. The average molecular weight is 255 g/mol. The number of amides is 1. The van der Waals surface area contributed by atoms with Crippen LogP contribution in [0.15, 0.2) is 0 Å². The van der Waals surface area contributed by atoms with E-state index < -0.39 is 18.2 Å². The minimum atomic E-state index is -0.963. The fraction of sp³-hybridized carbons (Fsp3) is 0.846. The molecule has 0 aliphatic carbocycles. The van der Waals surface area contributed by atoms with Gasteiger partial charge in [0.25, 0.3) is 5.91 Å². The molecule has 1 unspecified atom stereocenters. The molecule has 18 heavy (non-hydrogen) atoms. The second-order valence-electron chi connectivity index (χ2n) is 5.41. The van der Waals surface area contributed by atoms with Crippen molar-refractivity contribution in [1.29, 1.82) is 0 Å². The second-order valence-corrected chi connectivity index (χ2v) is 5.41. The van der Waals surface area contributed by atoms with E-state index in [2.05, 4.69) is 6.92 Å². The van der Waals surface area contributed by atoms with Crippen molar-refractivity contribution in [2.45, 2.75) is 51.2 Å². The van der Waals surface area contributed by atoms with E-state index >= 15 is 0 Å². The predicted molar refractivity (Wildman–Crippen MR) is 65.1 cm³/mol. The van der Waals surface area contributed by atoms with Gasteiger partial charge in [-0.05, 0) is 31.6 Å². The number of carbonyl (C=O) groups excluding carboxylic acids is 1. The average Bonchev–Trinajstić information content (AvgIpc) is 2.72. The molecular weight excluding hydrogens is 234 g/mol. The quantitative estimate of drug-likeness (QED) is 0.807. The first-order valence-electron chi connectivity index (χ1n) is 6.75. The number of rotatable bonds is 2. The number of aliphatic carboxylic acids is 1. The smallest absolute Gasteiger partial charge is 0.332 e. The summed E-state index contributed by atoms with van der Waals surface area (Å²) in [5.74, 6) is -0.463. The van der Waals surface area contributed by atoms with Crippen LogP contribution in [0.2, 0.25) is 0 Å². The lowest BCUT2D eigenvalue weighted by atomic mass is 10.1. The fourth-order valence-electron chi connectivity index (χ4n) is 2.76. The molecule has 0 radical (unpaired) electrons. The molecule has 3 atom stereocenters. The molecule has 2 saturated heterocycles. The molecule has 0 spiro atoms. The Morgan fingerprint density at radius 1 is 1.17 bits per heavy atom. The molecule has 5 heteroatoms. The zero-order valence-electron chi connectivity index (χ0n) is 10.8. The lowest BCUT2D eigenvalue weighted by molar-refractivity contribution is -0.154. The standard InChI is InChI=1S/C13H21NO4/c1-9-4-2-3-7-14(8-9)12(15)10-5-6-11(18-10)13(16)17/h9-11H,2-8H2,1H3,(H,16,17)/t9?,10-,11+/m0/s1. The van der Waals surface area contributed by atoms with E-state index in [1.807, 2.05) is 4.90 Å². The van der Waals surface area contributed by atoms with E-state index in [9.17, 15) is 9.59 Å². The first kappa shape index (κ1) is 13.3. The van der Waals surface area contributed by atoms with Crippen molar-refractivity contribution >= 4 is 11.9 Å². The number of likely N-dealkylation sites (tertiary alicyclic amines) is 1. The molecule has 1 N–H and O–H groups in total. The highest BCUT2D eigenvalue weighted by Gasteiger charge is 2.37. The van der Waals surface area contributed by atoms with Crippen LogP contribution in [-0.4, -0.2) is 47.2 Å². The van der Waals surface area contributed by atoms with E-state index in [0.29, 0.717) is 18.8 Å². The van der Waals surface area contributed by atoms with Gasteiger partial charge in [-0.25, -0.2) is 4.79 Å². The highest BCUT2D eigenvalue weighted by molar-refractivity contribution is 5.82. The third-order valence-electron chi connectivity index (χ3n) is 3.79. The van der Waals surface area contributed by atoms with Crippen LogP contribution in [0.4, 0.5) is 0 Å². The summed E-state index contributed by atoms with van der Waals surface area (Å²) in [6.07, 6.45) is 2.97. The van der Waals surface area contributed by atoms with Crippen LogP contribution in [0, 0.1) is 5.92 Å². The number of ether oxygens (including phenoxy) is 1. The van der Waals surface area contributed by atoms with Crippen LogP contribution >= 0.6 is 0 Å². The second kappa shape index (κ2) is 5.69. The van der Waals surface area contributed by atoms with E-state index in [1.165, 1.54) is 0 Å². The van der Waals surface area contributed by atoms with E-state index in [0.717, 1.165) is 32.4 Å². The Balaban J connectivity index is 1.92. The SMILES string of the molecule is CC1CCCCN(C(=O)[C@@H]2CC[C@H](C(=O)O)O2)C1. The first-order valence-corrected chi connectivity index (χ1v) is 6.75. The summed E-state index contributed by atoms with van der Waals surface area (Å²) >= 11 is 0. The van der Waals surface area contributed by atoms with Crippen LogP contribution in [0.5, 0.6) is 0 Å². The van der Waals surface area contributed by atoms with E-state index in [1.54, 1.807) is 0 Å². The largest absolute Gasteiger partial charge is 0.479 e. The summed E-state index contributed by atoms with van der Waals surface area (Å²) in [5.41, 5.74) is 0. The molecule has 2 aliphatic heterocycles. The lowest BCUT2D eigenvalue weighted by Crippen LogP contribution is -2.41. The summed E-state index contributed by atoms with van der Waals surface area (Å²) in [6, 6.07) is 0. The summed E-state index contributed by atoms with van der Waals surface area (Å²) in [5, 5.41) is 8.86. The van der Waals surface area contributed by atoms with Gasteiger partial charge in [-0.2, -0.15) is 0 Å². The summed E-state index contributed by atoms with van der Waals surface area (Å²) in [7, 11) is 0. The van der Waals surface area contributed by atoms with Crippen molar-refractivity contribution in [1.82, 2.24) is 4.90 Å². The van der Waals surface area contributed by atoms with Crippen LogP contribution in [0.25, 0.3) is 0 Å². The number of carboxylic acid groups (broad SMARTS) is 1. The molecule has 0 bridgehead atoms. The Labute approximate surface area is 107 Å².